The van der Waals surface area contributed by atoms with Crippen LogP contribution < -0.4 is 0 Å². The summed E-state index contributed by atoms with van der Waals surface area (Å²) in [6.07, 6.45) is 0. The van der Waals surface area contributed by atoms with Gasteiger partial charge in [0.2, 0.25) is 0 Å². The van der Waals surface area contributed by atoms with Crippen LogP contribution in [-0.2, 0) is 0 Å². The molecule has 0 aliphatic heterocycles. The Morgan fingerprint density at radius 3 is 0.948 bits per heavy atom. The summed E-state index contributed by atoms with van der Waals surface area (Å²) in [6, 6.07) is 75.9. The van der Waals surface area contributed by atoms with Crippen molar-refractivity contribution in [2.24, 2.45) is 0 Å². The largest absolute Gasteiger partial charge is 0.248 e. The van der Waals surface area contributed by atoms with Crippen LogP contribution in [0.4, 0.5) is 0 Å². The number of hydrogen-bond donors (Lipinski definition) is 0. The molecule has 10 rings (SSSR count). The molecular formula is C54H36N4. The van der Waals surface area contributed by atoms with Gasteiger partial charge in [0.1, 0.15) is 0 Å². The second-order valence-electron chi connectivity index (χ2n) is 14.3. The maximum atomic E-state index is 5.15. The SMILES string of the molecule is c1ccc(-c2cc(-c3ccccc3)nc(-c3ccc(-c4ccc(-c5ccc(-c6nc(-c7ccccc7)nc(-c7ccccc7)n6)cc5)c5ccccc45)cc3)c2)cc1. The van der Waals surface area contributed by atoms with E-state index in [-0.39, 0.29) is 0 Å². The quantitative estimate of drug-likeness (QED) is 0.156. The van der Waals surface area contributed by atoms with E-state index in [9.17, 15) is 0 Å². The molecule has 4 heteroatoms. The van der Waals surface area contributed by atoms with Crippen molar-refractivity contribution in [3.8, 4) is 90.1 Å². The fraction of sp³-hybridized carbons (Fsp3) is 0. The first-order valence-electron chi connectivity index (χ1n) is 19.5. The first-order chi connectivity index (χ1) is 28.7. The number of rotatable bonds is 8. The van der Waals surface area contributed by atoms with Crippen LogP contribution in [0.5, 0.6) is 0 Å². The van der Waals surface area contributed by atoms with Gasteiger partial charge in [-0.15, -0.1) is 0 Å². The van der Waals surface area contributed by atoms with Gasteiger partial charge in [-0.05, 0) is 56.3 Å². The molecule has 0 N–H and O–H groups in total. The summed E-state index contributed by atoms with van der Waals surface area (Å²) in [7, 11) is 0. The normalized spacial score (nSPS) is 11.1. The molecule has 2 aromatic heterocycles. The van der Waals surface area contributed by atoms with Crippen molar-refractivity contribution in [3.05, 3.63) is 218 Å². The minimum absolute atomic E-state index is 0.640. The molecule has 2 heterocycles. The molecule has 0 spiro atoms. The third-order valence-electron chi connectivity index (χ3n) is 10.6. The maximum Gasteiger partial charge on any atom is 0.164 e. The van der Waals surface area contributed by atoms with Gasteiger partial charge in [-0.3, -0.25) is 0 Å². The lowest BCUT2D eigenvalue weighted by atomic mass is 9.91. The highest BCUT2D eigenvalue weighted by Gasteiger charge is 2.15. The second-order valence-corrected chi connectivity index (χ2v) is 14.3. The molecule has 0 bridgehead atoms. The summed E-state index contributed by atoms with van der Waals surface area (Å²) in [4.78, 5) is 19.9. The van der Waals surface area contributed by atoms with Crippen LogP contribution >= 0.6 is 0 Å². The predicted octanol–water partition coefficient (Wildman–Crippen LogP) is 13.8. The zero-order chi connectivity index (χ0) is 38.7. The van der Waals surface area contributed by atoms with E-state index in [1.165, 1.54) is 27.5 Å². The van der Waals surface area contributed by atoms with Crippen molar-refractivity contribution in [2.45, 2.75) is 0 Å². The van der Waals surface area contributed by atoms with Crippen molar-refractivity contribution in [1.82, 2.24) is 19.9 Å². The van der Waals surface area contributed by atoms with Crippen molar-refractivity contribution in [1.29, 1.82) is 0 Å². The summed E-state index contributed by atoms with van der Waals surface area (Å²) >= 11 is 0. The van der Waals surface area contributed by atoms with Crippen molar-refractivity contribution in [3.63, 3.8) is 0 Å². The average molecular weight is 741 g/mol. The lowest BCUT2D eigenvalue weighted by Crippen LogP contribution is -2.00. The Balaban J connectivity index is 0.983. The van der Waals surface area contributed by atoms with E-state index in [0.29, 0.717) is 17.5 Å². The van der Waals surface area contributed by atoms with E-state index < -0.39 is 0 Å². The highest BCUT2D eigenvalue weighted by atomic mass is 15.0. The molecule has 0 saturated heterocycles. The Bertz CT molecular complexity index is 2680. The molecule has 10 aromatic rings. The zero-order valence-corrected chi connectivity index (χ0v) is 31.6. The topological polar surface area (TPSA) is 51.6 Å². The minimum atomic E-state index is 0.640. The number of hydrogen-bond acceptors (Lipinski definition) is 4. The smallest absolute Gasteiger partial charge is 0.164 e. The number of aromatic nitrogens is 4. The van der Waals surface area contributed by atoms with Crippen molar-refractivity contribution in [2.75, 3.05) is 0 Å². The van der Waals surface area contributed by atoms with Gasteiger partial charge in [0.25, 0.3) is 0 Å². The van der Waals surface area contributed by atoms with E-state index in [2.05, 4.69) is 152 Å². The molecule has 272 valence electrons. The first kappa shape index (κ1) is 34.7. The Kier molecular flexibility index (Phi) is 9.18. The fourth-order valence-corrected chi connectivity index (χ4v) is 7.59. The van der Waals surface area contributed by atoms with E-state index in [1.54, 1.807) is 0 Å². The Morgan fingerprint density at radius 1 is 0.207 bits per heavy atom. The van der Waals surface area contributed by atoms with Gasteiger partial charge in [-0.1, -0.05) is 206 Å². The lowest BCUT2D eigenvalue weighted by molar-refractivity contribution is 1.07. The Morgan fingerprint density at radius 2 is 0.517 bits per heavy atom. The summed E-state index contributed by atoms with van der Waals surface area (Å²) < 4.78 is 0. The monoisotopic (exact) mass is 740 g/mol. The summed E-state index contributed by atoms with van der Waals surface area (Å²) in [6.45, 7) is 0. The van der Waals surface area contributed by atoms with Gasteiger partial charge in [0.05, 0.1) is 11.4 Å². The van der Waals surface area contributed by atoms with Crippen LogP contribution in [0, 0.1) is 0 Å². The molecule has 0 amide bonds. The van der Waals surface area contributed by atoms with Crippen molar-refractivity contribution < 1.29 is 0 Å². The van der Waals surface area contributed by atoms with Gasteiger partial charge >= 0.3 is 0 Å². The van der Waals surface area contributed by atoms with E-state index in [0.717, 1.165) is 55.9 Å². The Labute approximate surface area is 337 Å². The standard InChI is InChI=1S/C54H36N4/c1-5-15-37(16-6-1)45-35-50(40-17-7-2-8-18-40)55-51(36-45)41-29-25-38(26-30-41)46-33-34-47(49-24-14-13-23-48(46)49)39-27-31-44(32-28-39)54-57-52(42-19-9-3-10-20-42)56-53(58-54)43-21-11-4-12-22-43/h1-36H. The minimum Gasteiger partial charge on any atom is -0.248 e. The van der Waals surface area contributed by atoms with E-state index in [1.807, 2.05) is 66.7 Å². The highest BCUT2D eigenvalue weighted by molar-refractivity contribution is 6.05. The Hall–Kier alpha value is -7.82. The van der Waals surface area contributed by atoms with Crippen LogP contribution in [0.15, 0.2) is 218 Å². The first-order valence-corrected chi connectivity index (χ1v) is 19.5. The van der Waals surface area contributed by atoms with Crippen LogP contribution in [0.2, 0.25) is 0 Å². The van der Waals surface area contributed by atoms with Crippen LogP contribution in [-0.4, -0.2) is 19.9 Å². The van der Waals surface area contributed by atoms with E-state index >= 15 is 0 Å². The van der Waals surface area contributed by atoms with Gasteiger partial charge in [0.15, 0.2) is 17.5 Å². The fourth-order valence-electron chi connectivity index (χ4n) is 7.59. The van der Waals surface area contributed by atoms with Crippen LogP contribution in [0.25, 0.3) is 101 Å². The van der Waals surface area contributed by atoms with Gasteiger partial charge in [-0.2, -0.15) is 0 Å². The van der Waals surface area contributed by atoms with Crippen molar-refractivity contribution >= 4 is 10.8 Å². The van der Waals surface area contributed by atoms with Gasteiger partial charge in [0, 0.05) is 27.8 Å². The second kappa shape index (κ2) is 15.4. The van der Waals surface area contributed by atoms with Gasteiger partial charge in [-0.25, -0.2) is 19.9 Å². The van der Waals surface area contributed by atoms with Crippen LogP contribution in [0.3, 0.4) is 0 Å². The molecule has 0 aliphatic carbocycles. The average Bonchev–Trinajstić information content (AvgIpc) is 3.32. The van der Waals surface area contributed by atoms with E-state index in [4.69, 9.17) is 19.9 Å². The molecule has 0 aliphatic rings. The third-order valence-corrected chi connectivity index (χ3v) is 10.6. The number of benzene rings is 8. The summed E-state index contributed by atoms with van der Waals surface area (Å²) in [5, 5.41) is 2.39. The lowest BCUT2D eigenvalue weighted by Gasteiger charge is -2.14. The molecule has 58 heavy (non-hydrogen) atoms. The molecule has 0 atom stereocenters. The number of nitrogens with zero attached hydrogens (tertiary/aromatic N) is 4. The molecule has 0 fully saturated rings. The number of fused-ring (bicyclic) bond motifs is 1. The molecule has 0 radical (unpaired) electrons. The number of pyridine rings is 1. The summed E-state index contributed by atoms with van der Waals surface area (Å²) in [5.41, 5.74) is 13.9. The third kappa shape index (κ3) is 6.95. The molecular weight excluding hydrogens is 705 g/mol. The maximum absolute atomic E-state index is 5.15. The van der Waals surface area contributed by atoms with Crippen LogP contribution in [0.1, 0.15) is 0 Å². The van der Waals surface area contributed by atoms with Gasteiger partial charge < -0.3 is 0 Å². The molecule has 0 saturated carbocycles. The summed E-state index contributed by atoms with van der Waals surface area (Å²) in [5.74, 6) is 1.94. The molecule has 4 nitrogen and oxygen atoms in total. The highest BCUT2D eigenvalue weighted by Crippen LogP contribution is 2.38. The molecule has 8 aromatic carbocycles. The zero-order valence-electron chi connectivity index (χ0n) is 31.6. The molecule has 0 unspecified atom stereocenters. The predicted molar refractivity (Wildman–Crippen MR) is 239 cm³/mol.